The topological polar surface area (TPSA) is 37.3 Å². The Hall–Kier alpha value is -1.19. The second-order valence-corrected chi connectivity index (χ2v) is 5.43. The van der Waals surface area contributed by atoms with Crippen LogP contribution < -0.4 is 0 Å². The van der Waals surface area contributed by atoms with Gasteiger partial charge in [-0.05, 0) is 11.1 Å². The van der Waals surface area contributed by atoms with E-state index >= 15 is 0 Å². The Kier molecular flexibility index (Phi) is 3.92. The van der Waals surface area contributed by atoms with Crippen molar-refractivity contribution in [2.75, 3.05) is 0 Å². The molecule has 0 fully saturated rings. The van der Waals surface area contributed by atoms with E-state index in [-0.39, 0.29) is 11.7 Å². The summed E-state index contributed by atoms with van der Waals surface area (Å²) in [5.74, 6) is -0.860. The average Bonchev–Trinajstić information content (AvgIpc) is 2.32. The molecule has 0 amide bonds. The van der Waals surface area contributed by atoms with E-state index in [0.29, 0.717) is 9.94 Å². The largest absolute Gasteiger partial charge is 0.481 e. The van der Waals surface area contributed by atoms with Crippen LogP contribution in [0.15, 0.2) is 52.4 Å². The lowest BCUT2D eigenvalue weighted by Gasteiger charge is -2.18. The maximum atomic E-state index is 10.6. The van der Waals surface area contributed by atoms with Crippen LogP contribution in [0.5, 0.6) is 0 Å². The number of halogens is 1. The van der Waals surface area contributed by atoms with Gasteiger partial charge in [0.1, 0.15) is 0 Å². The molecule has 0 radical (unpaired) electrons. The molecular weight excluding hydrogens is 256 g/mol. The highest BCUT2D eigenvalue weighted by Gasteiger charge is 2.18. The van der Waals surface area contributed by atoms with Crippen molar-refractivity contribution in [2.45, 2.75) is 11.7 Å². The van der Waals surface area contributed by atoms with Crippen LogP contribution in [0.2, 0.25) is 0 Å². The highest BCUT2D eigenvalue weighted by molar-refractivity contribution is 8.05. The Morgan fingerprint density at radius 1 is 1.35 bits per heavy atom. The molecule has 0 bridgehead atoms. The van der Waals surface area contributed by atoms with Crippen LogP contribution in [0.25, 0.3) is 0 Å². The fourth-order valence-corrected chi connectivity index (χ4v) is 2.99. The first kappa shape index (κ1) is 12.3. The molecule has 1 aliphatic heterocycles. The van der Waals surface area contributed by atoms with E-state index in [1.807, 2.05) is 42.5 Å². The molecule has 0 saturated carbocycles. The number of benzene rings is 1. The van der Waals surface area contributed by atoms with E-state index in [4.69, 9.17) is 16.7 Å². The molecule has 88 valence electrons. The van der Waals surface area contributed by atoms with Crippen LogP contribution in [0.3, 0.4) is 0 Å². The summed E-state index contributed by atoms with van der Waals surface area (Å²) < 4.78 is 0.573. The van der Waals surface area contributed by atoms with Crippen molar-refractivity contribution < 1.29 is 9.90 Å². The standard InChI is InChI=1S/C13H11ClO2S/c14-13-10(8-12(15)16)6-7-11(17-13)9-4-2-1-3-5-9/h1-7,11H,8H2,(H,15,16). The maximum absolute atomic E-state index is 10.6. The summed E-state index contributed by atoms with van der Waals surface area (Å²) in [5.41, 5.74) is 1.85. The molecule has 1 heterocycles. The molecule has 1 unspecified atom stereocenters. The Labute approximate surface area is 109 Å². The summed E-state index contributed by atoms with van der Waals surface area (Å²) in [4.78, 5) is 10.6. The van der Waals surface area contributed by atoms with Crippen molar-refractivity contribution in [3.63, 3.8) is 0 Å². The van der Waals surface area contributed by atoms with Crippen molar-refractivity contribution >= 4 is 29.3 Å². The van der Waals surface area contributed by atoms with Crippen LogP contribution in [0.4, 0.5) is 0 Å². The van der Waals surface area contributed by atoms with E-state index in [1.165, 1.54) is 17.3 Å². The normalized spacial score (nSPS) is 19.5. The molecule has 0 saturated heterocycles. The lowest BCUT2D eigenvalue weighted by atomic mass is 10.1. The van der Waals surface area contributed by atoms with Gasteiger partial charge < -0.3 is 5.11 Å². The molecule has 1 aliphatic rings. The lowest BCUT2D eigenvalue weighted by Crippen LogP contribution is -2.01. The third-order valence-electron chi connectivity index (χ3n) is 2.42. The second-order valence-electron chi connectivity index (χ2n) is 3.68. The molecule has 2 nitrogen and oxygen atoms in total. The molecule has 1 N–H and O–H groups in total. The van der Waals surface area contributed by atoms with Gasteiger partial charge in [-0.2, -0.15) is 0 Å². The number of carbonyl (C=O) groups is 1. The molecule has 17 heavy (non-hydrogen) atoms. The molecule has 1 aromatic rings. The SMILES string of the molecule is O=C(O)CC1=C(Cl)SC(c2ccccc2)C=C1. The first-order chi connectivity index (χ1) is 8.16. The number of carboxylic acids is 1. The number of rotatable bonds is 3. The van der Waals surface area contributed by atoms with Gasteiger partial charge in [-0.3, -0.25) is 4.79 Å². The minimum Gasteiger partial charge on any atom is -0.481 e. The minimum atomic E-state index is -0.860. The molecule has 2 rings (SSSR count). The third kappa shape index (κ3) is 3.14. The molecule has 4 heteroatoms. The van der Waals surface area contributed by atoms with Gasteiger partial charge in [0, 0.05) is 0 Å². The number of thioether (sulfide) groups is 1. The summed E-state index contributed by atoms with van der Waals surface area (Å²) >= 11 is 7.58. The van der Waals surface area contributed by atoms with Crippen molar-refractivity contribution in [2.24, 2.45) is 0 Å². The van der Waals surface area contributed by atoms with Gasteiger partial charge in [0.05, 0.1) is 16.0 Å². The van der Waals surface area contributed by atoms with Gasteiger partial charge in [0.15, 0.2) is 0 Å². The average molecular weight is 267 g/mol. The highest BCUT2D eigenvalue weighted by Crippen LogP contribution is 2.43. The number of aliphatic carboxylic acids is 1. The zero-order valence-corrected chi connectivity index (χ0v) is 10.5. The quantitative estimate of drug-likeness (QED) is 0.900. The first-order valence-electron chi connectivity index (χ1n) is 5.17. The van der Waals surface area contributed by atoms with Gasteiger partial charge in [-0.15, -0.1) is 11.8 Å². The first-order valence-corrected chi connectivity index (χ1v) is 6.43. The van der Waals surface area contributed by atoms with Crippen LogP contribution >= 0.6 is 23.4 Å². The van der Waals surface area contributed by atoms with Gasteiger partial charge in [0.25, 0.3) is 0 Å². The number of carboxylic acid groups (broad SMARTS) is 1. The van der Waals surface area contributed by atoms with Gasteiger partial charge in [-0.1, -0.05) is 54.1 Å². The Bertz CT molecular complexity index is 479. The van der Waals surface area contributed by atoms with E-state index in [1.54, 1.807) is 0 Å². The third-order valence-corrected chi connectivity index (χ3v) is 4.09. The molecular formula is C13H11ClO2S. The highest BCUT2D eigenvalue weighted by atomic mass is 35.5. The van der Waals surface area contributed by atoms with Crippen molar-refractivity contribution in [1.29, 1.82) is 0 Å². The van der Waals surface area contributed by atoms with E-state index in [9.17, 15) is 4.79 Å². The smallest absolute Gasteiger partial charge is 0.307 e. The van der Waals surface area contributed by atoms with Crippen LogP contribution in [0, 0.1) is 0 Å². The number of allylic oxidation sites excluding steroid dienone is 1. The summed E-state index contributed by atoms with van der Waals surface area (Å²) in [5, 5.41) is 8.90. The van der Waals surface area contributed by atoms with Crippen molar-refractivity contribution in [3.05, 3.63) is 58.0 Å². The molecule has 1 atom stereocenters. The molecule has 1 aromatic carbocycles. The zero-order valence-electron chi connectivity index (χ0n) is 8.97. The van der Waals surface area contributed by atoms with Crippen molar-refractivity contribution in [1.82, 2.24) is 0 Å². The molecule has 0 aromatic heterocycles. The fraction of sp³-hybridized carbons (Fsp3) is 0.154. The summed E-state index contributed by atoms with van der Waals surface area (Å²) in [7, 11) is 0. The minimum absolute atomic E-state index is 0.0240. The van der Waals surface area contributed by atoms with E-state index in [0.717, 1.165) is 0 Å². The Balaban J connectivity index is 2.14. The van der Waals surface area contributed by atoms with Gasteiger partial charge in [-0.25, -0.2) is 0 Å². The van der Waals surface area contributed by atoms with Gasteiger partial charge in [0.2, 0.25) is 0 Å². The maximum Gasteiger partial charge on any atom is 0.307 e. The molecule has 0 spiro atoms. The molecule has 0 aliphatic carbocycles. The number of hydrogen-bond donors (Lipinski definition) is 1. The van der Waals surface area contributed by atoms with Crippen LogP contribution in [-0.2, 0) is 4.79 Å². The van der Waals surface area contributed by atoms with E-state index < -0.39 is 5.97 Å². The second kappa shape index (κ2) is 5.43. The summed E-state index contributed by atoms with van der Waals surface area (Å²) in [6.07, 6.45) is 3.78. The Morgan fingerprint density at radius 2 is 2.06 bits per heavy atom. The predicted octanol–water partition coefficient (Wildman–Crippen LogP) is 3.96. The van der Waals surface area contributed by atoms with Crippen LogP contribution in [-0.4, -0.2) is 11.1 Å². The van der Waals surface area contributed by atoms with Gasteiger partial charge >= 0.3 is 5.97 Å². The lowest BCUT2D eigenvalue weighted by molar-refractivity contribution is -0.136. The zero-order chi connectivity index (χ0) is 12.3. The van der Waals surface area contributed by atoms with Crippen molar-refractivity contribution in [3.8, 4) is 0 Å². The summed E-state index contributed by atoms with van der Waals surface area (Å²) in [6.45, 7) is 0. The van der Waals surface area contributed by atoms with Crippen LogP contribution in [0.1, 0.15) is 17.2 Å². The summed E-state index contributed by atoms with van der Waals surface area (Å²) in [6, 6.07) is 10.00. The monoisotopic (exact) mass is 266 g/mol. The van der Waals surface area contributed by atoms with E-state index in [2.05, 4.69) is 0 Å². The predicted molar refractivity (Wildman–Crippen MR) is 71.0 cm³/mol. The Morgan fingerprint density at radius 3 is 2.65 bits per heavy atom. The fourth-order valence-electron chi connectivity index (χ4n) is 1.61. The number of hydrogen-bond acceptors (Lipinski definition) is 2.